The van der Waals surface area contributed by atoms with Gasteiger partial charge in [-0.1, -0.05) is 231 Å². The third-order valence-electron chi connectivity index (χ3n) is 13.2. The molecule has 0 aromatic heterocycles. The Hall–Kier alpha value is -8.31. The van der Waals surface area contributed by atoms with Gasteiger partial charge in [0.25, 0.3) is 0 Å². The number of fused-ring (bicyclic) bond motifs is 6. The van der Waals surface area contributed by atoms with Gasteiger partial charge in [-0.25, -0.2) is 4.99 Å². The second-order valence-electron chi connectivity index (χ2n) is 17.1. The van der Waals surface area contributed by atoms with Crippen molar-refractivity contribution in [2.45, 2.75) is 18.4 Å². The second kappa shape index (κ2) is 17.0. The summed E-state index contributed by atoms with van der Waals surface area (Å²) in [6, 6.07) is 87.2. The van der Waals surface area contributed by atoms with Crippen molar-refractivity contribution in [3.63, 3.8) is 0 Å². The lowest BCUT2D eigenvalue weighted by molar-refractivity contribution is 0.409. The van der Waals surface area contributed by atoms with Crippen LogP contribution in [0, 0.1) is 0 Å². The van der Waals surface area contributed by atoms with Crippen LogP contribution in [0.1, 0.15) is 62.9 Å². The molecule has 314 valence electrons. The molecule has 66 heavy (non-hydrogen) atoms. The Morgan fingerprint density at radius 1 is 0.318 bits per heavy atom. The molecule has 3 unspecified atom stereocenters. The molecule has 0 saturated heterocycles. The zero-order valence-electron chi connectivity index (χ0n) is 36.3. The van der Waals surface area contributed by atoms with Crippen LogP contribution in [-0.2, 0) is 0 Å². The number of hydrogen-bond acceptors (Lipinski definition) is 4. The van der Waals surface area contributed by atoms with E-state index in [0.29, 0.717) is 0 Å². The fourth-order valence-electron chi connectivity index (χ4n) is 10.2. The van der Waals surface area contributed by atoms with E-state index in [1.54, 1.807) is 0 Å². The van der Waals surface area contributed by atoms with Crippen molar-refractivity contribution in [2.24, 2.45) is 4.99 Å². The summed E-state index contributed by atoms with van der Waals surface area (Å²) in [5.74, 6) is 0.835. The highest BCUT2D eigenvalue weighted by molar-refractivity contribution is 6.26. The van der Waals surface area contributed by atoms with Crippen LogP contribution in [0.3, 0.4) is 0 Å². The quantitative estimate of drug-likeness (QED) is 0.134. The van der Waals surface area contributed by atoms with Crippen molar-refractivity contribution in [3.05, 3.63) is 287 Å². The number of aliphatic imine (C=N–C) groups is 1. The van der Waals surface area contributed by atoms with Gasteiger partial charge in [-0.05, 0) is 94.5 Å². The molecular weight excluding hydrogens is 801 g/mol. The van der Waals surface area contributed by atoms with E-state index in [1.807, 2.05) is 0 Å². The molecule has 4 heteroatoms. The normalized spacial score (nSPS) is 17.4. The van der Waals surface area contributed by atoms with Crippen LogP contribution in [0.2, 0.25) is 0 Å². The summed E-state index contributed by atoms with van der Waals surface area (Å²) in [7, 11) is 0. The minimum absolute atomic E-state index is 0.141. The lowest BCUT2D eigenvalue weighted by Crippen LogP contribution is -2.45. The van der Waals surface area contributed by atoms with E-state index >= 15 is 0 Å². The summed E-state index contributed by atoms with van der Waals surface area (Å²) in [6.45, 7) is 0. The Kier molecular flexibility index (Phi) is 10.1. The van der Waals surface area contributed by atoms with E-state index in [4.69, 9.17) is 4.99 Å². The molecule has 2 aliphatic heterocycles. The fraction of sp³-hybridized carbons (Fsp3) is 0.0484. The number of rotatable bonds is 8. The Bertz CT molecular complexity index is 3450. The SMILES string of the molecule is c1ccc(C2=C(c3ccccc3)C(c3cccc(C4=NC(c5ccc6c7ccccc7c7ccccc7c6c5)NC(c5ccccc5)N4)c3)=C(c3ccccc3)C(c3ccccc3)N2)cc1. The fourth-order valence-corrected chi connectivity index (χ4v) is 10.2. The maximum atomic E-state index is 5.57. The zero-order valence-corrected chi connectivity index (χ0v) is 36.3. The Labute approximate surface area is 385 Å². The summed E-state index contributed by atoms with van der Waals surface area (Å²) in [4.78, 5) is 5.57. The molecule has 0 saturated carbocycles. The first-order valence-corrected chi connectivity index (χ1v) is 22.8. The minimum atomic E-state index is -0.324. The summed E-state index contributed by atoms with van der Waals surface area (Å²) < 4.78 is 0. The van der Waals surface area contributed by atoms with Crippen molar-refractivity contribution in [3.8, 4) is 0 Å². The molecule has 0 spiro atoms. The average Bonchev–Trinajstić information content (AvgIpc) is 3.41. The molecule has 0 radical (unpaired) electrons. The number of nitrogens with one attached hydrogen (secondary N) is 3. The number of hydrogen-bond donors (Lipinski definition) is 3. The van der Waals surface area contributed by atoms with Gasteiger partial charge in [0.2, 0.25) is 0 Å². The van der Waals surface area contributed by atoms with Gasteiger partial charge in [0.15, 0.2) is 0 Å². The van der Waals surface area contributed by atoms with Gasteiger partial charge in [0.05, 0.1) is 11.7 Å². The molecule has 0 amide bonds. The number of amidine groups is 1. The van der Waals surface area contributed by atoms with Gasteiger partial charge >= 0.3 is 0 Å². The van der Waals surface area contributed by atoms with E-state index in [9.17, 15) is 0 Å². The number of dihydropyridines is 1. The third-order valence-corrected chi connectivity index (χ3v) is 13.2. The number of nitrogens with zero attached hydrogens (tertiary/aromatic N) is 1. The van der Waals surface area contributed by atoms with Crippen LogP contribution >= 0.6 is 0 Å². The van der Waals surface area contributed by atoms with Gasteiger partial charge in [-0.3, -0.25) is 5.32 Å². The molecule has 0 bridgehead atoms. The minimum Gasteiger partial charge on any atom is -0.373 e. The monoisotopic (exact) mass is 846 g/mol. The lowest BCUT2D eigenvalue weighted by Gasteiger charge is -2.36. The lowest BCUT2D eigenvalue weighted by atomic mass is 9.77. The van der Waals surface area contributed by atoms with Crippen LogP contribution in [0.4, 0.5) is 0 Å². The van der Waals surface area contributed by atoms with Gasteiger partial charge < -0.3 is 10.6 Å². The van der Waals surface area contributed by atoms with Crippen LogP contribution in [0.25, 0.3) is 54.7 Å². The molecule has 0 fully saturated rings. The third kappa shape index (κ3) is 7.14. The van der Waals surface area contributed by atoms with Crippen molar-refractivity contribution >= 4 is 60.6 Å². The van der Waals surface area contributed by atoms with Crippen LogP contribution in [0.15, 0.2) is 248 Å². The predicted octanol–water partition coefficient (Wildman–Crippen LogP) is 14.3. The second-order valence-corrected chi connectivity index (χ2v) is 17.1. The zero-order chi connectivity index (χ0) is 43.8. The summed E-state index contributed by atoms with van der Waals surface area (Å²) >= 11 is 0. The molecular formula is C62H46N4. The van der Waals surface area contributed by atoms with E-state index in [2.05, 4.69) is 259 Å². The molecule has 10 aromatic rings. The largest absolute Gasteiger partial charge is 0.373 e. The molecule has 2 aliphatic rings. The summed E-state index contributed by atoms with van der Waals surface area (Å²) in [5, 5.41) is 19.4. The van der Waals surface area contributed by atoms with Crippen LogP contribution < -0.4 is 16.0 Å². The molecule has 12 rings (SSSR count). The molecule has 0 aliphatic carbocycles. The molecule has 2 heterocycles. The van der Waals surface area contributed by atoms with E-state index in [-0.39, 0.29) is 18.4 Å². The van der Waals surface area contributed by atoms with Gasteiger partial charge in [0.1, 0.15) is 18.2 Å². The van der Waals surface area contributed by atoms with Gasteiger partial charge in [-0.15, -0.1) is 0 Å². The molecule has 10 aromatic carbocycles. The first-order chi connectivity index (χ1) is 32.7. The Balaban J connectivity index is 1.07. The highest BCUT2D eigenvalue weighted by Gasteiger charge is 2.34. The van der Waals surface area contributed by atoms with Crippen molar-refractivity contribution in [1.29, 1.82) is 0 Å². The van der Waals surface area contributed by atoms with E-state index < -0.39 is 0 Å². The van der Waals surface area contributed by atoms with Crippen molar-refractivity contribution in [2.75, 3.05) is 0 Å². The highest BCUT2D eigenvalue weighted by atomic mass is 15.3. The first-order valence-electron chi connectivity index (χ1n) is 22.8. The Morgan fingerprint density at radius 3 is 1.42 bits per heavy atom. The highest BCUT2D eigenvalue weighted by Crippen LogP contribution is 2.50. The number of allylic oxidation sites excluding steroid dienone is 2. The predicted molar refractivity (Wildman–Crippen MR) is 275 cm³/mol. The smallest absolute Gasteiger partial charge is 0.131 e. The van der Waals surface area contributed by atoms with Gasteiger partial charge in [-0.2, -0.15) is 0 Å². The van der Waals surface area contributed by atoms with E-state index in [1.165, 1.54) is 49.0 Å². The number of benzene rings is 10. The first kappa shape index (κ1) is 39.3. The molecule has 3 N–H and O–H groups in total. The maximum Gasteiger partial charge on any atom is 0.131 e. The summed E-state index contributed by atoms with van der Waals surface area (Å²) in [6.07, 6.45) is -0.518. The summed E-state index contributed by atoms with van der Waals surface area (Å²) in [5.41, 5.74) is 13.7. The van der Waals surface area contributed by atoms with Crippen LogP contribution in [-0.4, -0.2) is 5.84 Å². The topological polar surface area (TPSA) is 48.5 Å². The van der Waals surface area contributed by atoms with Gasteiger partial charge in [0, 0.05) is 11.1 Å². The Morgan fingerprint density at radius 2 is 0.803 bits per heavy atom. The standard InChI is InChI=1S/C62H46N4/c1-6-21-41(22-7-1)56-55(57(42-23-8-2-9-24-42)59(44-27-12-4-13-28-44)63-58(56)43-25-10-3-11-26-43)46-31-20-32-47(39-46)61-64-60(45-29-14-5-15-30-45)65-62(66-61)48-37-38-53-51-35-17-16-33-49(51)50-34-18-19-36-52(50)54(53)40-48/h1-40,58,60,62-63,65H,(H,64,66). The molecule has 3 atom stereocenters. The van der Waals surface area contributed by atoms with Crippen LogP contribution in [0.5, 0.6) is 0 Å². The average molecular weight is 847 g/mol. The maximum absolute atomic E-state index is 5.57. The van der Waals surface area contributed by atoms with Crippen molar-refractivity contribution < 1.29 is 0 Å². The van der Waals surface area contributed by atoms with Crippen molar-refractivity contribution in [1.82, 2.24) is 16.0 Å². The molecule has 4 nitrogen and oxygen atoms in total. The van der Waals surface area contributed by atoms with E-state index in [0.717, 1.165) is 56.0 Å².